The van der Waals surface area contributed by atoms with E-state index in [-0.39, 0.29) is 5.84 Å². The number of nitrogens with zero attached hydrogens (tertiary/aromatic N) is 1. The van der Waals surface area contributed by atoms with Gasteiger partial charge in [-0.1, -0.05) is 57.1 Å². The molecule has 19 heavy (non-hydrogen) atoms. The highest BCUT2D eigenvalue weighted by molar-refractivity contribution is 5.96. The van der Waals surface area contributed by atoms with E-state index in [1.807, 2.05) is 24.3 Å². The number of benzene rings is 1. The summed E-state index contributed by atoms with van der Waals surface area (Å²) in [6.07, 6.45) is 0. The molecule has 0 amide bonds. The third-order valence-corrected chi connectivity index (χ3v) is 3.62. The second-order valence-corrected chi connectivity index (χ2v) is 6.08. The Morgan fingerprint density at radius 3 is 2.37 bits per heavy atom. The summed E-state index contributed by atoms with van der Waals surface area (Å²) in [4.78, 5) is 0. The molecule has 0 saturated carbocycles. The molecule has 1 aromatic rings. The Balaban J connectivity index is 2.47. The van der Waals surface area contributed by atoms with Crippen LogP contribution in [-0.2, 0) is 6.54 Å². The molecule has 0 aliphatic carbocycles. The Kier molecular flexibility index (Phi) is 5.36. The molecule has 106 valence electrons. The highest BCUT2D eigenvalue weighted by atomic mass is 16.4. The summed E-state index contributed by atoms with van der Waals surface area (Å²) in [6.45, 7) is 10.8. The fourth-order valence-electron chi connectivity index (χ4n) is 1.59. The topological polar surface area (TPSA) is 70.6 Å². The van der Waals surface area contributed by atoms with Gasteiger partial charge in [-0.15, -0.1) is 0 Å². The van der Waals surface area contributed by atoms with Crippen LogP contribution in [-0.4, -0.2) is 17.6 Å². The molecule has 0 aromatic heterocycles. The minimum atomic E-state index is 0.140. The van der Waals surface area contributed by atoms with Crippen LogP contribution in [0, 0.1) is 11.3 Å². The SMILES string of the molecule is CC(CNCc1ccc(/C(N)=N/O)cc1)C(C)(C)C. The second-order valence-electron chi connectivity index (χ2n) is 6.08. The lowest BCUT2D eigenvalue weighted by atomic mass is 9.82. The van der Waals surface area contributed by atoms with Crippen LogP contribution in [0.4, 0.5) is 0 Å². The lowest BCUT2D eigenvalue weighted by Crippen LogP contribution is -2.29. The Bertz CT molecular complexity index is 418. The van der Waals surface area contributed by atoms with Gasteiger partial charge in [0.1, 0.15) is 0 Å². The molecule has 0 spiro atoms. The zero-order valence-electron chi connectivity index (χ0n) is 12.3. The van der Waals surface area contributed by atoms with Crippen LogP contribution >= 0.6 is 0 Å². The number of nitrogens with two attached hydrogens (primary N) is 1. The van der Waals surface area contributed by atoms with E-state index in [1.54, 1.807) is 0 Å². The van der Waals surface area contributed by atoms with Crippen molar-refractivity contribution in [2.75, 3.05) is 6.54 Å². The molecule has 0 heterocycles. The van der Waals surface area contributed by atoms with Crippen LogP contribution in [0.1, 0.15) is 38.8 Å². The predicted molar refractivity (Wildman–Crippen MR) is 79.3 cm³/mol. The molecule has 0 aliphatic heterocycles. The number of nitrogens with one attached hydrogen (secondary N) is 1. The minimum absolute atomic E-state index is 0.140. The van der Waals surface area contributed by atoms with Gasteiger partial charge >= 0.3 is 0 Å². The normalized spacial score (nSPS) is 14.4. The van der Waals surface area contributed by atoms with Crippen molar-refractivity contribution < 1.29 is 5.21 Å². The standard InChI is InChI=1S/C15H25N3O/c1-11(15(2,3)4)9-17-10-12-5-7-13(8-6-12)14(16)18-19/h5-8,11,17,19H,9-10H2,1-4H3,(H2,16,18). The Morgan fingerprint density at radius 1 is 1.32 bits per heavy atom. The third-order valence-electron chi connectivity index (χ3n) is 3.62. The first-order chi connectivity index (χ1) is 8.84. The first-order valence-electron chi connectivity index (χ1n) is 6.62. The van der Waals surface area contributed by atoms with E-state index in [9.17, 15) is 0 Å². The average molecular weight is 263 g/mol. The molecule has 0 radical (unpaired) electrons. The van der Waals surface area contributed by atoms with Crippen molar-refractivity contribution in [2.24, 2.45) is 22.2 Å². The van der Waals surface area contributed by atoms with Crippen LogP contribution < -0.4 is 11.1 Å². The van der Waals surface area contributed by atoms with Crippen molar-refractivity contribution in [2.45, 2.75) is 34.2 Å². The van der Waals surface area contributed by atoms with Gasteiger partial charge in [-0.3, -0.25) is 0 Å². The van der Waals surface area contributed by atoms with E-state index in [0.29, 0.717) is 11.3 Å². The molecule has 0 bridgehead atoms. The quantitative estimate of drug-likeness (QED) is 0.331. The summed E-state index contributed by atoms with van der Waals surface area (Å²) in [7, 11) is 0. The zero-order valence-corrected chi connectivity index (χ0v) is 12.3. The van der Waals surface area contributed by atoms with Gasteiger partial charge in [0.05, 0.1) is 0 Å². The first kappa shape index (κ1) is 15.5. The molecule has 1 aromatic carbocycles. The Labute approximate surface area is 115 Å². The van der Waals surface area contributed by atoms with E-state index >= 15 is 0 Å². The number of amidine groups is 1. The van der Waals surface area contributed by atoms with Gasteiger partial charge in [0.2, 0.25) is 0 Å². The van der Waals surface area contributed by atoms with Gasteiger partial charge in [0.25, 0.3) is 0 Å². The van der Waals surface area contributed by atoms with Gasteiger partial charge in [-0.2, -0.15) is 0 Å². The van der Waals surface area contributed by atoms with Crippen molar-refractivity contribution >= 4 is 5.84 Å². The Hall–Kier alpha value is -1.55. The maximum absolute atomic E-state index is 8.59. The minimum Gasteiger partial charge on any atom is -0.409 e. The van der Waals surface area contributed by atoms with Gasteiger partial charge in [-0.05, 0) is 23.4 Å². The smallest absolute Gasteiger partial charge is 0.170 e. The molecule has 1 rings (SSSR count). The Morgan fingerprint density at radius 2 is 1.89 bits per heavy atom. The van der Waals surface area contributed by atoms with E-state index in [4.69, 9.17) is 10.9 Å². The summed E-state index contributed by atoms with van der Waals surface area (Å²) in [5, 5.41) is 15.0. The number of hydrogen-bond acceptors (Lipinski definition) is 3. The van der Waals surface area contributed by atoms with Crippen LogP contribution in [0.3, 0.4) is 0 Å². The van der Waals surface area contributed by atoms with Crippen molar-refractivity contribution in [1.82, 2.24) is 5.32 Å². The lowest BCUT2D eigenvalue weighted by molar-refractivity contribution is 0.252. The second kappa shape index (κ2) is 6.57. The number of oxime groups is 1. The van der Waals surface area contributed by atoms with Crippen LogP contribution in [0.15, 0.2) is 29.4 Å². The molecule has 1 unspecified atom stereocenters. The highest BCUT2D eigenvalue weighted by Gasteiger charge is 2.18. The van der Waals surface area contributed by atoms with Crippen molar-refractivity contribution in [1.29, 1.82) is 0 Å². The first-order valence-corrected chi connectivity index (χ1v) is 6.62. The van der Waals surface area contributed by atoms with Gasteiger partial charge < -0.3 is 16.3 Å². The van der Waals surface area contributed by atoms with E-state index in [2.05, 4.69) is 38.2 Å². The van der Waals surface area contributed by atoms with Crippen molar-refractivity contribution in [3.8, 4) is 0 Å². The summed E-state index contributed by atoms with van der Waals surface area (Å²) >= 11 is 0. The monoisotopic (exact) mass is 263 g/mol. The maximum atomic E-state index is 8.59. The van der Waals surface area contributed by atoms with E-state index in [1.165, 1.54) is 5.56 Å². The molecule has 0 fully saturated rings. The third kappa shape index (κ3) is 4.91. The largest absolute Gasteiger partial charge is 0.409 e. The van der Waals surface area contributed by atoms with Gasteiger partial charge in [-0.25, -0.2) is 0 Å². The zero-order chi connectivity index (χ0) is 14.5. The van der Waals surface area contributed by atoms with Crippen molar-refractivity contribution in [3.63, 3.8) is 0 Å². The maximum Gasteiger partial charge on any atom is 0.170 e. The summed E-state index contributed by atoms with van der Waals surface area (Å²) in [5.41, 5.74) is 7.76. The molecule has 0 saturated heterocycles. The molecule has 4 nitrogen and oxygen atoms in total. The molecular formula is C15H25N3O. The van der Waals surface area contributed by atoms with Crippen molar-refractivity contribution in [3.05, 3.63) is 35.4 Å². The molecule has 4 N–H and O–H groups in total. The lowest BCUT2D eigenvalue weighted by Gasteiger charge is -2.27. The fourth-order valence-corrected chi connectivity index (χ4v) is 1.59. The summed E-state index contributed by atoms with van der Waals surface area (Å²) in [5.74, 6) is 0.754. The molecular weight excluding hydrogens is 238 g/mol. The average Bonchev–Trinajstić information content (AvgIpc) is 2.37. The van der Waals surface area contributed by atoms with E-state index < -0.39 is 0 Å². The fraction of sp³-hybridized carbons (Fsp3) is 0.533. The predicted octanol–water partition coefficient (Wildman–Crippen LogP) is 2.55. The summed E-state index contributed by atoms with van der Waals surface area (Å²) < 4.78 is 0. The van der Waals surface area contributed by atoms with Gasteiger partial charge in [0, 0.05) is 12.1 Å². The summed E-state index contributed by atoms with van der Waals surface area (Å²) in [6, 6.07) is 7.70. The van der Waals surface area contributed by atoms with Crippen LogP contribution in [0.2, 0.25) is 0 Å². The number of hydrogen-bond donors (Lipinski definition) is 3. The number of rotatable bonds is 5. The highest BCUT2D eigenvalue weighted by Crippen LogP contribution is 2.24. The molecule has 1 atom stereocenters. The van der Waals surface area contributed by atoms with E-state index in [0.717, 1.165) is 18.7 Å². The van der Waals surface area contributed by atoms with Gasteiger partial charge in [0.15, 0.2) is 5.84 Å². The molecule has 0 aliphatic rings. The van der Waals surface area contributed by atoms with Crippen LogP contribution in [0.5, 0.6) is 0 Å². The van der Waals surface area contributed by atoms with Crippen LogP contribution in [0.25, 0.3) is 0 Å². The molecule has 4 heteroatoms.